The third kappa shape index (κ3) is 3.83. The molecule has 5 nitrogen and oxygen atoms in total. The number of benzene rings is 1. The van der Waals surface area contributed by atoms with E-state index in [9.17, 15) is 9.18 Å². The van der Waals surface area contributed by atoms with Gasteiger partial charge in [-0.1, -0.05) is 31.0 Å². The van der Waals surface area contributed by atoms with Gasteiger partial charge >= 0.3 is 0 Å². The molecule has 1 aromatic heterocycles. The predicted octanol–water partition coefficient (Wildman–Crippen LogP) is 3.27. The SMILES string of the molecule is Cn1nccc1C(=O)NC1CCN(CC2(c3ccccc3F)CCCC2)CC1. The number of hydrogen-bond donors (Lipinski definition) is 1. The summed E-state index contributed by atoms with van der Waals surface area (Å²) in [5.41, 5.74) is 1.42. The lowest BCUT2D eigenvalue weighted by Crippen LogP contribution is -2.48. The first-order valence-corrected chi connectivity index (χ1v) is 10.3. The van der Waals surface area contributed by atoms with Crippen molar-refractivity contribution in [1.82, 2.24) is 20.0 Å². The zero-order valence-corrected chi connectivity index (χ0v) is 16.5. The van der Waals surface area contributed by atoms with E-state index in [-0.39, 0.29) is 23.2 Å². The number of piperidine rings is 1. The maximum atomic E-state index is 14.5. The van der Waals surface area contributed by atoms with E-state index >= 15 is 0 Å². The highest BCUT2D eigenvalue weighted by Crippen LogP contribution is 2.43. The fourth-order valence-corrected chi connectivity index (χ4v) is 4.98. The minimum Gasteiger partial charge on any atom is -0.348 e. The van der Waals surface area contributed by atoms with Gasteiger partial charge in [-0.15, -0.1) is 0 Å². The van der Waals surface area contributed by atoms with Gasteiger partial charge in [-0.2, -0.15) is 5.10 Å². The Bertz CT molecular complexity index is 819. The summed E-state index contributed by atoms with van der Waals surface area (Å²) in [5.74, 6) is -0.125. The van der Waals surface area contributed by atoms with Crippen molar-refractivity contribution < 1.29 is 9.18 Å². The van der Waals surface area contributed by atoms with E-state index in [1.165, 1.54) is 12.8 Å². The fraction of sp³-hybridized carbons (Fsp3) is 0.545. The summed E-state index contributed by atoms with van der Waals surface area (Å²) in [6.07, 6.45) is 7.96. The first kappa shape index (κ1) is 19.1. The summed E-state index contributed by atoms with van der Waals surface area (Å²) in [5, 5.41) is 7.20. The average molecular weight is 384 g/mol. The van der Waals surface area contributed by atoms with Gasteiger partial charge in [-0.25, -0.2) is 4.39 Å². The largest absolute Gasteiger partial charge is 0.348 e. The van der Waals surface area contributed by atoms with Crippen LogP contribution in [0.3, 0.4) is 0 Å². The Morgan fingerprint density at radius 2 is 1.93 bits per heavy atom. The molecule has 2 aliphatic rings. The van der Waals surface area contributed by atoms with E-state index in [1.807, 2.05) is 12.1 Å². The van der Waals surface area contributed by atoms with Crippen molar-refractivity contribution in [2.75, 3.05) is 19.6 Å². The quantitative estimate of drug-likeness (QED) is 0.861. The molecule has 0 bridgehead atoms. The number of amides is 1. The number of aryl methyl sites for hydroxylation is 1. The Kier molecular flexibility index (Phi) is 5.49. The van der Waals surface area contributed by atoms with Crippen LogP contribution >= 0.6 is 0 Å². The molecule has 2 fully saturated rings. The molecule has 1 saturated heterocycles. The van der Waals surface area contributed by atoms with Gasteiger partial charge in [0, 0.05) is 44.3 Å². The zero-order chi connectivity index (χ0) is 19.6. The van der Waals surface area contributed by atoms with Gasteiger partial charge < -0.3 is 10.2 Å². The van der Waals surface area contributed by atoms with Crippen molar-refractivity contribution in [3.63, 3.8) is 0 Å². The maximum Gasteiger partial charge on any atom is 0.269 e. The van der Waals surface area contributed by atoms with E-state index in [1.54, 1.807) is 36.1 Å². The molecular formula is C22H29FN4O. The molecule has 1 N–H and O–H groups in total. The van der Waals surface area contributed by atoms with Crippen LogP contribution in [0.1, 0.15) is 54.6 Å². The van der Waals surface area contributed by atoms with Crippen LogP contribution in [-0.4, -0.2) is 46.3 Å². The first-order chi connectivity index (χ1) is 13.6. The van der Waals surface area contributed by atoms with E-state index in [4.69, 9.17) is 0 Å². The van der Waals surface area contributed by atoms with Crippen LogP contribution in [0.4, 0.5) is 4.39 Å². The van der Waals surface area contributed by atoms with Crippen LogP contribution in [0.5, 0.6) is 0 Å². The number of nitrogens with one attached hydrogen (secondary N) is 1. The van der Waals surface area contributed by atoms with Crippen LogP contribution in [0, 0.1) is 5.82 Å². The summed E-state index contributed by atoms with van der Waals surface area (Å²) in [7, 11) is 1.78. The molecule has 2 heterocycles. The number of halogens is 1. The monoisotopic (exact) mass is 384 g/mol. The second-order valence-electron chi connectivity index (χ2n) is 8.33. The number of hydrogen-bond acceptors (Lipinski definition) is 3. The van der Waals surface area contributed by atoms with Crippen molar-refractivity contribution in [3.8, 4) is 0 Å². The average Bonchev–Trinajstić information content (AvgIpc) is 3.33. The number of aromatic nitrogens is 2. The van der Waals surface area contributed by atoms with Crippen molar-refractivity contribution in [1.29, 1.82) is 0 Å². The molecular weight excluding hydrogens is 355 g/mol. The predicted molar refractivity (Wildman–Crippen MR) is 107 cm³/mol. The Labute approximate surface area is 165 Å². The molecule has 6 heteroatoms. The molecule has 0 radical (unpaired) electrons. The smallest absolute Gasteiger partial charge is 0.269 e. The normalized spacial score (nSPS) is 20.4. The summed E-state index contributed by atoms with van der Waals surface area (Å²) in [6.45, 7) is 2.79. The third-order valence-electron chi connectivity index (χ3n) is 6.51. The Morgan fingerprint density at radius 3 is 2.57 bits per heavy atom. The van der Waals surface area contributed by atoms with E-state index < -0.39 is 0 Å². The third-order valence-corrected chi connectivity index (χ3v) is 6.51. The van der Waals surface area contributed by atoms with Crippen molar-refractivity contribution in [3.05, 3.63) is 53.6 Å². The highest BCUT2D eigenvalue weighted by atomic mass is 19.1. The standard InChI is InChI=1S/C22H29FN4O/c1-26-20(8-13-24-26)21(28)25-17-9-14-27(15-10-17)16-22(11-4-5-12-22)18-6-2-3-7-19(18)23/h2-3,6-8,13,17H,4-5,9-12,14-16H2,1H3,(H,25,28). The van der Waals surface area contributed by atoms with Gasteiger partial charge in [0.25, 0.3) is 5.91 Å². The van der Waals surface area contributed by atoms with Crippen LogP contribution < -0.4 is 5.32 Å². The highest BCUT2D eigenvalue weighted by molar-refractivity contribution is 5.92. The van der Waals surface area contributed by atoms with Gasteiger partial charge in [0.2, 0.25) is 0 Å². The van der Waals surface area contributed by atoms with Crippen LogP contribution in [0.25, 0.3) is 0 Å². The van der Waals surface area contributed by atoms with E-state index in [2.05, 4.69) is 15.3 Å². The summed E-state index contributed by atoms with van der Waals surface area (Å²) < 4.78 is 16.1. The molecule has 1 saturated carbocycles. The van der Waals surface area contributed by atoms with Gasteiger partial charge in [-0.3, -0.25) is 9.48 Å². The first-order valence-electron chi connectivity index (χ1n) is 10.3. The van der Waals surface area contributed by atoms with Crippen LogP contribution in [-0.2, 0) is 12.5 Å². The number of carbonyl (C=O) groups excluding carboxylic acids is 1. The number of likely N-dealkylation sites (tertiary alicyclic amines) is 1. The molecule has 0 atom stereocenters. The van der Waals surface area contributed by atoms with Gasteiger partial charge in [0.05, 0.1) is 0 Å². The lowest BCUT2D eigenvalue weighted by molar-refractivity contribution is 0.0891. The molecule has 1 aliphatic carbocycles. The topological polar surface area (TPSA) is 50.2 Å². The Balaban J connectivity index is 1.36. The molecule has 4 rings (SSSR count). The van der Waals surface area contributed by atoms with Crippen LogP contribution in [0.15, 0.2) is 36.5 Å². The maximum absolute atomic E-state index is 14.5. The molecule has 2 aromatic rings. The van der Waals surface area contributed by atoms with Crippen LogP contribution in [0.2, 0.25) is 0 Å². The molecule has 0 unspecified atom stereocenters. The van der Waals surface area contributed by atoms with E-state index in [0.29, 0.717) is 5.69 Å². The van der Waals surface area contributed by atoms with Crippen molar-refractivity contribution in [2.45, 2.75) is 50.0 Å². The second kappa shape index (κ2) is 8.03. The summed E-state index contributed by atoms with van der Waals surface area (Å²) in [6, 6.07) is 9.22. The number of carbonyl (C=O) groups is 1. The van der Waals surface area contributed by atoms with E-state index in [0.717, 1.165) is 50.9 Å². The minimum atomic E-state index is -0.0669. The van der Waals surface area contributed by atoms with Gasteiger partial charge in [0.1, 0.15) is 11.5 Å². The summed E-state index contributed by atoms with van der Waals surface area (Å²) in [4.78, 5) is 14.9. The van der Waals surface area contributed by atoms with Gasteiger partial charge in [0.15, 0.2) is 0 Å². The second-order valence-corrected chi connectivity index (χ2v) is 8.33. The molecule has 28 heavy (non-hydrogen) atoms. The molecule has 0 spiro atoms. The van der Waals surface area contributed by atoms with Crippen molar-refractivity contribution >= 4 is 5.91 Å². The highest BCUT2D eigenvalue weighted by Gasteiger charge is 2.39. The number of rotatable bonds is 5. The molecule has 150 valence electrons. The lowest BCUT2D eigenvalue weighted by Gasteiger charge is -2.39. The Morgan fingerprint density at radius 1 is 1.21 bits per heavy atom. The molecule has 1 aromatic carbocycles. The lowest BCUT2D eigenvalue weighted by atomic mass is 9.77. The number of nitrogens with zero attached hydrogens (tertiary/aromatic N) is 3. The molecule has 1 aliphatic heterocycles. The Hall–Kier alpha value is -2.21. The van der Waals surface area contributed by atoms with Gasteiger partial charge in [-0.05, 0) is 43.4 Å². The van der Waals surface area contributed by atoms with Crippen molar-refractivity contribution in [2.24, 2.45) is 7.05 Å². The minimum absolute atomic E-state index is 0.0583. The fourth-order valence-electron chi connectivity index (χ4n) is 4.98. The zero-order valence-electron chi connectivity index (χ0n) is 16.5. The summed E-state index contributed by atoms with van der Waals surface area (Å²) >= 11 is 0. The molecule has 1 amide bonds.